The fraction of sp³-hybridized carbons (Fsp3) is 0.611. The molecule has 1 aromatic carbocycles. The number of hydrogen-bond donors (Lipinski definition) is 0. The van der Waals surface area contributed by atoms with E-state index in [2.05, 4.69) is 18.7 Å². The number of benzene rings is 1. The lowest BCUT2D eigenvalue weighted by atomic mass is 10.0. The fourth-order valence-electron chi connectivity index (χ4n) is 4.25. The van der Waals surface area contributed by atoms with Gasteiger partial charge >= 0.3 is 0 Å². The van der Waals surface area contributed by atoms with E-state index in [9.17, 15) is 14.9 Å². The molecule has 6 heteroatoms. The van der Waals surface area contributed by atoms with E-state index in [4.69, 9.17) is 0 Å². The van der Waals surface area contributed by atoms with Crippen molar-refractivity contribution in [1.29, 1.82) is 0 Å². The summed E-state index contributed by atoms with van der Waals surface area (Å²) in [6, 6.07) is 7.58. The van der Waals surface area contributed by atoms with E-state index >= 15 is 0 Å². The SMILES string of the molecule is C[C@@H]1CC[C@H](C)N1[C@H]1CCCN(C(=O)c2cccc([N+](=O)[O-])c2)C1. The van der Waals surface area contributed by atoms with Crippen LogP contribution in [0.5, 0.6) is 0 Å². The molecular formula is C18H25N3O3. The maximum absolute atomic E-state index is 12.8. The van der Waals surface area contributed by atoms with E-state index in [1.165, 1.54) is 25.0 Å². The first-order valence-electron chi connectivity index (χ1n) is 8.78. The molecule has 1 aromatic rings. The zero-order chi connectivity index (χ0) is 17.3. The Morgan fingerprint density at radius 2 is 1.92 bits per heavy atom. The summed E-state index contributed by atoms with van der Waals surface area (Å²) in [4.78, 5) is 27.7. The Bertz CT molecular complexity index is 624. The van der Waals surface area contributed by atoms with E-state index in [0.717, 1.165) is 25.9 Å². The van der Waals surface area contributed by atoms with E-state index < -0.39 is 4.92 Å². The van der Waals surface area contributed by atoms with Crippen LogP contribution in [-0.2, 0) is 0 Å². The Labute approximate surface area is 142 Å². The molecule has 3 atom stereocenters. The van der Waals surface area contributed by atoms with Crippen molar-refractivity contribution in [2.75, 3.05) is 13.1 Å². The molecule has 2 heterocycles. The van der Waals surface area contributed by atoms with Crippen LogP contribution in [0.25, 0.3) is 0 Å². The summed E-state index contributed by atoms with van der Waals surface area (Å²) in [7, 11) is 0. The zero-order valence-corrected chi connectivity index (χ0v) is 14.4. The van der Waals surface area contributed by atoms with Crippen molar-refractivity contribution < 1.29 is 9.72 Å². The number of nitrogens with zero attached hydrogens (tertiary/aromatic N) is 3. The number of non-ortho nitro benzene ring substituents is 1. The average Bonchev–Trinajstić information content (AvgIpc) is 2.93. The summed E-state index contributed by atoms with van der Waals surface area (Å²) < 4.78 is 0. The molecule has 3 rings (SSSR count). The van der Waals surface area contributed by atoms with Gasteiger partial charge in [-0.1, -0.05) is 6.07 Å². The summed E-state index contributed by atoms with van der Waals surface area (Å²) in [5.74, 6) is -0.0945. The predicted octanol–water partition coefficient (Wildman–Crippen LogP) is 3.07. The van der Waals surface area contributed by atoms with Crippen LogP contribution in [0.1, 0.15) is 49.9 Å². The van der Waals surface area contributed by atoms with Crippen molar-refractivity contribution in [1.82, 2.24) is 9.80 Å². The lowest BCUT2D eigenvalue weighted by molar-refractivity contribution is -0.384. The summed E-state index contributed by atoms with van der Waals surface area (Å²) >= 11 is 0. The van der Waals surface area contributed by atoms with Crippen molar-refractivity contribution in [2.24, 2.45) is 0 Å². The number of likely N-dealkylation sites (tertiary alicyclic amines) is 2. The minimum atomic E-state index is -0.455. The number of nitro groups is 1. The van der Waals surface area contributed by atoms with Crippen molar-refractivity contribution in [3.63, 3.8) is 0 Å². The van der Waals surface area contributed by atoms with Crippen LogP contribution in [0, 0.1) is 10.1 Å². The van der Waals surface area contributed by atoms with Crippen molar-refractivity contribution in [3.05, 3.63) is 39.9 Å². The van der Waals surface area contributed by atoms with Gasteiger partial charge in [0.05, 0.1) is 4.92 Å². The summed E-state index contributed by atoms with van der Waals surface area (Å²) in [6.45, 7) is 5.99. The highest BCUT2D eigenvalue weighted by Crippen LogP contribution is 2.30. The molecule has 2 aliphatic rings. The van der Waals surface area contributed by atoms with Gasteiger partial charge in [0.2, 0.25) is 0 Å². The number of nitro benzene ring substituents is 1. The highest BCUT2D eigenvalue weighted by molar-refractivity contribution is 5.94. The first-order chi connectivity index (χ1) is 11.5. The van der Waals surface area contributed by atoms with Crippen LogP contribution in [0.15, 0.2) is 24.3 Å². The van der Waals surface area contributed by atoms with E-state index in [1.54, 1.807) is 12.1 Å². The largest absolute Gasteiger partial charge is 0.337 e. The highest BCUT2D eigenvalue weighted by Gasteiger charge is 2.36. The third kappa shape index (κ3) is 3.29. The molecule has 2 saturated heterocycles. The molecule has 2 aliphatic heterocycles. The Kier molecular flexibility index (Phi) is 4.85. The molecule has 0 saturated carbocycles. The number of rotatable bonds is 3. The quantitative estimate of drug-likeness (QED) is 0.630. The summed E-state index contributed by atoms with van der Waals surface area (Å²) in [6.07, 6.45) is 4.54. The maximum Gasteiger partial charge on any atom is 0.270 e. The van der Waals surface area contributed by atoms with Crippen LogP contribution in [0.3, 0.4) is 0 Å². The first-order valence-corrected chi connectivity index (χ1v) is 8.78. The third-order valence-corrected chi connectivity index (χ3v) is 5.43. The van der Waals surface area contributed by atoms with Gasteiger partial charge in [0, 0.05) is 48.9 Å². The molecular weight excluding hydrogens is 306 g/mol. The van der Waals surface area contributed by atoms with Crippen LogP contribution in [0.4, 0.5) is 5.69 Å². The van der Waals surface area contributed by atoms with Gasteiger partial charge < -0.3 is 4.90 Å². The molecule has 0 aromatic heterocycles. The van der Waals surface area contributed by atoms with E-state index in [-0.39, 0.29) is 11.6 Å². The Hall–Kier alpha value is -1.95. The van der Waals surface area contributed by atoms with Gasteiger partial charge in [0.25, 0.3) is 11.6 Å². The number of amides is 1. The standard InChI is InChI=1S/C18H25N3O3/c1-13-8-9-14(2)20(13)17-7-4-10-19(12-17)18(22)15-5-3-6-16(11-15)21(23)24/h3,5-6,11,13-14,17H,4,7-10,12H2,1-2H3/t13-,14+,17-/m0/s1. The Balaban J connectivity index is 1.73. The molecule has 6 nitrogen and oxygen atoms in total. The van der Waals surface area contributed by atoms with Gasteiger partial charge in [-0.15, -0.1) is 0 Å². The smallest absolute Gasteiger partial charge is 0.270 e. The van der Waals surface area contributed by atoms with Crippen molar-refractivity contribution in [2.45, 2.75) is 57.7 Å². The molecule has 0 radical (unpaired) electrons. The van der Waals surface area contributed by atoms with Crippen LogP contribution in [-0.4, -0.2) is 51.8 Å². The topological polar surface area (TPSA) is 66.7 Å². The summed E-state index contributed by atoms with van der Waals surface area (Å²) in [5.41, 5.74) is 0.378. The minimum absolute atomic E-state index is 0.0313. The van der Waals surface area contributed by atoms with Crippen LogP contribution >= 0.6 is 0 Å². The lowest BCUT2D eigenvalue weighted by Crippen LogP contribution is -2.52. The normalized spacial score (nSPS) is 28.1. The molecule has 0 bridgehead atoms. The highest BCUT2D eigenvalue weighted by atomic mass is 16.6. The molecule has 1 amide bonds. The van der Waals surface area contributed by atoms with Gasteiger partial charge in [0.1, 0.15) is 0 Å². The van der Waals surface area contributed by atoms with Crippen molar-refractivity contribution >= 4 is 11.6 Å². The number of hydrogen-bond acceptors (Lipinski definition) is 4. The number of carbonyl (C=O) groups excluding carboxylic acids is 1. The predicted molar refractivity (Wildman–Crippen MR) is 92.0 cm³/mol. The molecule has 130 valence electrons. The maximum atomic E-state index is 12.8. The molecule has 24 heavy (non-hydrogen) atoms. The molecule has 2 fully saturated rings. The Morgan fingerprint density at radius 3 is 2.58 bits per heavy atom. The van der Waals surface area contributed by atoms with Gasteiger partial charge in [-0.05, 0) is 45.6 Å². The van der Waals surface area contributed by atoms with E-state index in [0.29, 0.717) is 23.7 Å². The molecule has 0 N–H and O–H groups in total. The number of piperidine rings is 1. The molecule has 0 unspecified atom stereocenters. The second-order valence-corrected chi connectivity index (χ2v) is 7.08. The van der Waals surface area contributed by atoms with Gasteiger partial charge in [-0.25, -0.2) is 0 Å². The van der Waals surface area contributed by atoms with Gasteiger partial charge in [-0.3, -0.25) is 19.8 Å². The third-order valence-electron chi connectivity index (χ3n) is 5.43. The second kappa shape index (κ2) is 6.89. The molecule has 0 aliphatic carbocycles. The van der Waals surface area contributed by atoms with Crippen LogP contribution in [0.2, 0.25) is 0 Å². The molecule has 0 spiro atoms. The second-order valence-electron chi connectivity index (χ2n) is 7.08. The zero-order valence-electron chi connectivity index (χ0n) is 14.4. The van der Waals surface area contributed by atoms with Gasteiger partial charge in [-0.2, -0.15) is 0 Å². The van der Waals surface area contributed by atoms with E-state index in [1.807, 2.05) is 4.90 Å². The minimum Gasteiger partial charge on any atom is -0.337 e. The fourth-order valence-corrected chi connectivity index (χ4v) is 4.25. The first kappa shape index (κ1) is 16.9. The monoisotopic (exact) mass is 331 g/mol. The Morgan fingerprint density at radius 1 is 1.21 bits per heavy atom. The van der Waals surface area contributed by atoms with Gasteiger partial charge in [0.15, 0.2) is 0 Å². The van der Waals surface area contributed by atoms with Crippen molar-refractivity contribution in [3.8, 4) is 0 Å². The average molecular weight is 331 g/mol. The van der Waals surface area contributed by atoms with Crippen LogP contribution < -0.4 is 0 Å². The summed E-state index contributed by atoms with van der Waals surface area (Å²) in [5, 5.41) is 10.9. The number of carbonyl (C=O) groups is 1. The lowest BCUT2D eigenvalue weighted by Gasteiger charge is -2.41.